The Kier molecular flexibility index (Phi) is 6.09. The molecule has 142 valence electrons. The number of nitrogens with two attached hydrogens (primary N) is 1. The maximum atomic E-state index is 12.5. The first kappa shape index (κ1) is 19.6. The van der Waals surface area contributed by atoms with Gasteiger partial charge in [-0.05, 0) is 24.7 Å². The lowest BCUT2D eigenvalue weighted by Gasteiger charge is -2.32. The van der Waals surface area contributed by atoms with Crippen LogP contribution < -0.4 is 5.73 Å². The normalized spacial score (nSPS) is 14.3. The van der Waals surface area contributed by atoms with Gasteiger partial charge >= 0.3 is 0 Å². The molecule has 0 aromatic carbocycles. The smallest absolute Gasteiger partial charge is 0.233 e. The number of carbonyl (C=O) groups is 1. The summed E-state index contributed by atoms with van der Waals surface area (Å²) >= 11 is 1.17. The molecule has 1 fully saturated rings. The van der Waals surface area contributed by atoms with E-state index in [0.717, 1.165) is 13.1 Å². The van der Waals surface area contributed by atoms with Crippen molar-refractivity contribution in [3.8, 4) is 23.3 Å². The zero-order valence-corrected chi connectivity index (χ0v) is 16.2. The number of anilines is 1. The van der Waals surface area contributed by atoms with Gasteiger partial charge in [0.05, 0.1) is 11.3 Å². The van der Waals surface area contributed by atoms with Gasteiger partial charge in [0, 0.05) is 44.1 Å². The third-order valence-corrected chi connectivity index (χ3v) is 5.53. The number of aromatic nitrogens is 2. The van der Waals surface area contributed by atoms with E-state index in [9.17, 15) is 15.3 Å². The summed E-state index contributed by atoms with van der Waals surface area (Å²) in [5, 5.41) is 19.6. The van der Waals surface area contributed by atoms with Crippen LogP contribution in [0.4, 0.5) is 5.82 Å². The van der Waals surface area contributed by atoms with E-state index in [1.165, 1.54) is 11.8 Å². The molecular formula is C19H19N7OS. The zero-order chi connectivity index (χ0) is 20.1. The minimum Gasteiger partial charge on any atom is -0.383 e. The van der Waals surface area contributed by atoms with E-state index in [1.54, 1.807) is 24.5 Å². The Bertz CT molecular complexity index is 957. The molecule has 1 aliphatic rings. The first-order valence-electron chi connectivity index (χ1n) is 8.68. The monoisotopic (exact) mass is 393 g/mol. The van der Waals surface area contributed by atoms with Crippen molar-refractivity contribution >= 4 is 23.5 Å². The summed E-state index contributed by atoms with van der Waals surface area (Å²) in [6.45, 7) is 3.06. The Morgan fingerprint density at radius 2 is 1.82 bits per heavy atom. The molecule has 0 bridgehead atoms. The number of pyridine rings is 2. The molecule has 1 aliphatic heterocycles. The molecule has 0 radical (unpaired) electrons. The molecule has 1 saturated heterocycles. The highest BCUT2D eigenvalue weighted by Gasteiger charge is 2.23. The van der Waals surface area contributed by atoms with E-state index >= 15 is 0 Å². The number of hydrogen-bond donors (Lipinski definition) is 1. The summed E-state index contributed by atoms with van der Waals surface area (Å²) in [5.74, 6) is 0.201. The maximum absolute atomic E-state index is 12.5. The summed E-state index contributed by atoms with van der Waals surface area (Å²) in [6, 6.07) is 7.59. The van der Waals surface area contributed by atoms with Crippen LogP contribution in [0, 0.1) is 22.7 Å². The minimum absolute atomic E-state index is 0.00261. The fourth-order valence-electron chi connectivity index (χ4n) is 2.99. The molecular weight excluding hydrogens is 374 g/mol. The number of rotatable bonds is 4. The molecule has 2 aromatic rings. The Morgan fingerprint density at radius 3 is 2.43 bits per heavy atom. The number of nitrogens with zero attached hydrogens (tertiary/aromatic N) is 6. The van der Waals surface area contributed by atoms with Crippen LogP contribution in [0.15, 0.2) is 29.6 Å². The quantitative estimate of drug-likeness (QED) is 0.772. The number of hydrogen-bond acceptors (Lipinski definition) is 8. The molecule has 3 heterocycles. The van der Waals surface area contributed by atoms with Crippen LogP contribution in [0.3, 0.4) is 0 Å². The number of likely N-dealkylation sites (N-methyl/N-ethyl adjacent to an activating group) is 1. The summed E-state index contributed by atoms with van der Waals surface area (Å²) in [5.41, 5.74) is 7.46. The molecule has 0 unspecified atom stereocenters. The Morgan fingerprint density at radius 1 is 1.18 bits per heavy atom. The highest BCUT2D eigenvalue weighted by molar-refractivity contribution is 8.00. The molecule has 0 atom stereocenters. The third kappa shape index (κ3) is 4.06. The second-order valence-corrected chi connectivity index (χ2v) is 7.32. The lowest BCUT2D eigenvalue weighted by Crippen LogP contribution is -2.47. The van der Waals surface area contributed by atoms with Crippen LogP contribution in [0.2, 0.25) is 0 Å². The van der Waals surface area contributed by atoms with Crippen LogP contribution in [0.5, 0.6) is 0 Å². The Balaban J connectivity index is 1.90. The topological polar surface area (TPSA) is 123 Å². The molecule has 28 heavy (non-hydrogen) atoms. The van der Waals surface area contributed by atoms with Crippen molar-refractivity contribution in [2.45, 2.75) is 5.03 Å². The van der Waals surface area contributed by atoms with Crippen molar-refractivity contribution in [2.75, 3.05) is 44.7 Å². The molecule has 0 spiro atoms. The molecule has 9 heteroatoms. The number of carbonyl (C=O) groups excluding carboxylic acids is 1. The van der Waals surface area contributed by atoms with Gasteiger partial charge in [0.15, 0.2) is 0 Å². The van der Waals surface area contributed by atoms with E-state index in [-0.39, 0.29) is 28.6 Å². The largest absolute Gasteiger partial charge is 0.383 e. The second-order valence-electron chi connectivity index (χ2n) is 6.36. The predicted octanol–water partition coefficient (Wildman–Crippen LogP) is 1.34. The first-order valence-corrected chi connectivity index (χ1v) is 9.67. The van der Waals surface area contributed by atoms with Crippen LogP contribution >= 0.6 is 11.8 Å². The molecule has 1 amide bonds. The first-order chi connectivity index (χ1) is 13.5. The fourth-order valence-corrected chi connectivity index (χ4v) is 3.88. The lowest BCUT2D eigenvalue weighted by atomic mass is 9.98. The molecule has 2 aromatic heterocycles. The second kappa shape index (κ2) is 8.70. The van der Waals surface area contributed by atoms with Gasteiger partial charge in [-0.25, -0.2) is 4.98 Å². The lowest BCUT2D eigenvalue weighted by molar-refractivity contribution is -0.129. The van der Waals surface area contributed by atoms with Crippen LogP contribution in [0.1, 0.15) is 11.1 Å². The molecule has 3 rings (SSSR count). The van der Waals surface area contributed by atoms with E-state index < -0.39 is 0 Å². The molecule has 0 aliphatic carbocycles. The average molecular weight is 393 g/mol. The van der Waals surface area contributed by atoms with E-state index in [1.807, 2.05) is 18.0 Å². The van der Waals surface area contributed by atoms with Crippen molar-refractivity contribution in [1.82, 2.24) is 19.8 Å². The third-order valence-electron chi connectivity index (χ3n) is 4.57. The van der Waals surface area contributed by atoms with Crippen molar-refractivity contribution < 1.29 is 4.79 Å². The highest BCUT2D eigenvalue weighted by Crippen LogP contribution is 2.35. The predicted molar refractivity (Wildman–Crippen MR) is 106 cm³/mol. The maximum Gasteiger partial charge on any atom is 0.233 e. The number of nitriles is 2. The summed E-state index contributed by atoms with van der Waals surface area (Å²) in [7, 11) is 2.03. The zero-order valence-electron chi connectivity index (χ0n) is 15.4. The standard InChI is InChI=1S/C19H19N7OS/c1-25-6-8-26(9-7-25)16(27)12-28-19-15(11-21)17(13-2-4-23-5-3-13)14(10-20)18(22)24-19/h2-5H,6-9,12H2,1H3,(H2,22,24). The van der Waals surface area contributed by atoms with Gasteiger partial charge in [-0.2, -0.15) is 10.5 Å². The van der Waals surface area contributed by atoms with E-state index in [4.69, 9.17) is 5.73 Å². The Labute approximate surface area is 167 Å². The van der Waals surface area contributed by atoms with Gasteiger partial charge in [-0.15, -0.1) is 0 Å². The van der Waals surface area contributed by atoms with Gasteiger partial charge in [0.1, 0.15) is 28.5 Å². The molecule has 8 nitrogen and oxygen atoms in total. The van der Waals surface area contributed by atoms with Gasteiger partial charge < -0.3 is 15.5 Å². The van der Waals surface area contributed by atoms with Crippen molar-refractivity contribution in [1.29, 1.82) is 10.5 Å². The molecule has 0 saturated carbocycles. The Hall–Kier alpha value is -3.14. The fraction of sp³-hybridized carbons (Fsp3) is 0.316. The van der Waals surface area contributed by atoms with Crippen molar-refractivity contribution in [3.05, 3.63) is 35.7 Å². The molecule has 2 N–H and O–H groups in total. The number of amides is 1. The van der Waals surface area contributed by atoms with Crippen molar-refractivity contribution in [3.63, 3.8) is 0 Å². The van der Waals surface area contributed by atoms with Gasteiger partial charge in [-0.3, -0.25) is 9.78 Å². The van der Waals surface area contributed by atoms with E-state index in [0.29, 0.717) is 29.2 Å². The average Bonchev–Trinajstić information content (AvgIpc) is 2.72. The van der Waals surface area contributed by atoms with Gasteiger partial charge in [0.25, 0.3) is 0 Å². The van der Waals surface area contributed by atoms with E-state index in [2.05, 4.69) is 20.9 Å². The number of thioether (sulfide) groups is 1. The SMILES string of the molecule is CN1CCN(C(=O)CSc2nc(N)c(C#N)c(-c3ccncc3)c2C#N)CC1. The van der Waals surface area contributed by atoms with Crippen LogP contribution in [-0.4, -0.2) is 64.7 Å². The summed E-state index contributed by atoms with van der Waals surface area (Å²) in [4.78, 5) is 24.7. The summed E-state index contributed by atoms with van der Waals surface area (Å²) < 4.78 is 0. The van der Waals surface area contributed by atoms with Crippen molar-refractivity contribution in [2.24, 2.45) is 0 Å². The number of nitrogen functional groups attached to an aromatic ring is 1. The van der Waals surface area contributed by atoms with Crippen LogP contribution in [0.25, 0.3) is 11.1 Å². The van der Waals surface area contributed by atoms with Crippen LogP contribution in [-0.2, 0) is 4.79 Å². The van der Waals surface area contributed by atoms with Gasteiger partial charge in [-0.1, -0.05) is 11.8 Å². The number of piperazine rings is 1. The highest BCUT2D eigenvalue weighted by atomic mass is 32.2. The summed E-state index contributed by atoms with van der Waals surface area (Å²) in [6.07, 6.45) is 3.16. The minimum atomic E-state index is -0.00261. The van der Waals surface area contributed by atoms with Gasteiger partial charge in [0.2, 0.25) is 5.91 Å².